The number of carbonyl (C=O) groups excluding carboxylic acids is 3. The number of amides is 2. The molecule has 0 bridgehead atoms. The van der Waals surface area contributed by atoms with Crippen molar-refractivity contribution in [2.45, 2.75) is 90.8 Å². The largest absolute Gasteiger partial charge is 0.465 e. The van der Waals surface area contributed by atoms with Crippen molar-refractivity contribution in [3.63, 3.8) is 0 Å². The molecule has 2 fully saturated rings. The molecule has 0 spiro atoms. The number of nitrogens with one attached hydrogen (secondary N) is 1. The molecule has 0 saturated carbocycles. The Labute approximate surface area is 187 Å². The molecule has 3 unspecified atom stereocenters. The maximum Gasteiger partial charge on any atom is 0.410 e. The van der Waals surface area contributed by atoms with E-state index in [1.807, 2.05) is 27.7 Å². The lowest BCUT2D eigenvalue weighted by Gasteiger charge is -2.37. The zero-order valence-corrected chi connectivity index (χ0v) is 19.9. The lowest BCUT2D eigenvalue weighted by Crippen LogP contribution is -2.51. The molecule has 2 saturated heterocycles. The van der Waals surface area contributed by atoms with Crippen molar-refractivity contribution < 1.29 is 23.9 Å². The molecule has 1 N–H and O–H groups in total. The van der Waals surface area contributed by atoms with Gasteiger partial charge in [-0.05, 0) is 72.3 Å². The number of hydrogen-bond donors (Lipinski definition) is 1. The van der Waals surface area contributed by atoms with Gasteiger partial charge in [0, 0.05) is 19.6 Å². The van der Waals surface area contributed by atoms with Gasteiger partial charge in [0.1, 0.15) is 17.7 Å². The molecule has 2 heterocycles. The number of carbonyl (C=O) groups is 3. The fraction of sp³-hybridized carbons (Fsp3) is 0.870. The summed E-state index contributed by atoms with van der Waals surface area (Å²) in [6, 6.07) is -0.678. The van der Waals surface area contributed by atoms with E-state index in [2.05, 4.69) is 17.1 Å². The molecule has 8 nitrogen and oxygen atoms in total. The van der Waals surface area contributed by atoms with Gasteiger partial charge in [-0.2, -0.15) is 0 Å². The van der Waals surface area contributed by atoms with Crippen LogP contribution in [0, 0.1) is 5.92 Å². The standard InChI is InChI=1S/C23H41N3O5/c1-6-10-19(21(28)30-7-2)25-13-8-11-17(16-25)15-24-20(27)18-12-9-14-26(18)22(29)31-23(3,4)5/h17-19H,6-16H2,1-5H3,(H,24,27). The van der Waals surface area contributed by atoms with Gasteiger partial charge >= 0.3 is 12.1 Å². The topological polar surface area (TPSA) is 88.2 Å². The molecule has 2 amide bonds. The predicted octanol–water partition coefficient (Wildman–Crippen LogP) is 2.95. The lowest BCUT2D eigenvalue weighted by atomic mass is 9.95. The number of rotatable bonds is 8. The molecule has 2 rings (SSSR count). The van der Waals surface area contributed by atoms with Gasteiger partial charge in [0.25, 0.3) is 0 Å². The first kappa shape index (κ1) is 25.4. The second-order valence-corrected chi connectivity index (χ2v) is 9.64. The van der Waals surface area contributed by atoms with Gasteiger partial charge in [-0.25, -0.2) is 4.79 Å². The van der Waals surface area contributed by atoms with Gasteiger partial charge in [-0.1, -0.05) is 13.3 Å². The van der Waals surface area contributed by atoms with Crippen molar-refractivity contribution in [3.8, 4) is 0 Å². The Hall–Kier alpha value is -1.83. The number of hydrogen-bond acceptors (Lipinski definition) is 6. The molecule has 3 atom stereocenters. The molecular formula is C23H41N3O5. The number of esters is 1. The van der Waals surface area contributed by atoms with E-state index in [0.717, 1.165) is 45.2 Å². The third-order valence-electron chi connectivity index (χ3n) is 5.86. The summed E-state index contributed by atoms with van der Waals surface area (Å²) in [5.74, 6) is 0.0202. The van der Waals surface area contributed by atoms with Crippen molar-refractivity contribution in [2.75, 3.05) is 32.8 Å². The summed E-state index contributed by atoms with van der Waals surface area (Å²) in [6.07, 6.45) is 4.74. The molecule has 178 valence electrons. The summed E-state index contributed by atoms with van der Waals surface area (Å²) in [5, 5.41) is 3.06. The van der Waals surface area contributed by atoms with Crippen LogP contribution in [0.4, 0.5) is 4.79 Å². The Morgan fingerprint density at radius 1 is 1.10 bits per heavy atom. The van der Waals surface area contributed by atoms with Gasteiger partial charge in [0.15, 0.2) is 0 Å². The summed E-state index contributed by atoms with van der Waals surface area (Å²) < 4.78 is 10.7. The van der Waals surface area contributed by atoms with E-state index in [4.69, 9.17) is 9.47 Å². The fourth-order valence-electron chi connectivity index (χ4n) is 4.45. The minimum absolute atomic E-state index is 0.115. The highest BCUT2D eigenvalue weighted by molar-refractivity contribution is 5.86. The molecule has 31 heavy (non-hydrogen) atoms. The maximum absolute atomic E-state index is 12.8. The van der Waals surface area contributed by atoms with Crippen molar-refractivity contribution in [2.24, 2.45) is 5.92 Å². The molecule has 0 aromatic rings. The quantitative estimate of drug-likeness (QED) is 0.585. The second kappa shape index (κ2) is 11.7. The molecule has 0 aromatic heterocycles. The van der Waals surface area contributed by atoms with E-state index >= 15 is 0 Å². The van der Waals surface area contributed by atoms with Crippen LogP contribution < -0.4 is 5.32 Å². The van der Waals surface area contributed by atoms with E-state index < -0.39 is 17.7 Å². The monoisotopic (exact) mass is 439 g/mol. The van der Waals surface area contributed by atoms with Gasteiger partial charge in [-0.3, -0.25) is 19.4 Å². The van der Waals surface area contributed by atoms with Gasteiger partial charge in [0.2, 0.25) is 5.91 Å². The minimum Gasteiger partial charge on any atom is -0.465 e. The number of likely N-dealkylation sites (tertiary alicyclic amines) is 2. The Bertz CT molecular complexity index is 619. The first-order valence-corrected chi connectivity index (χ1v) is 11.8. The summed E-state index contributed by atoms with van der Waals surface area (Å²) in [4.78, 5) is 41.4. The highest BCUT2D eigenvalue weighted by Gasteiger charge is 2.37. The molecule has 0 aliphatic carbocycles. The number of nitrogens with zero attached hydrogens (tertiary/aromatic N) is 2. The van der Waals surface area contributed by atoms with Crippen LogP contribution in [0.25, 0.3) is 0 Å². The first-order chi connectivity index (χ1) is 14.7. The van der Waals surface area contributed by atoms with Gasteiger partial charge in [0.05, 0.1) is 6.61 Å². The third-order valence-corrected chi connectivity index (χ3v) is 5.86. The van der Waals surface area contributed by atoms with E-state index in [1.54, 1.807) is 4.90 Å². The van der Waals surface area contributed by atoms with Crippen LogP contribution in [0.2, 0.25) is 0 Å². The summed E-state index contributed by atoms with van der Waals surface area (Å²) in [6.45, 7) is 12.5. The zero-order valence-electron chi connectivity index (χ0n) is 19.9. The lowest BCUT2D eigenvalue weighted by molar-refractivity contribution is -0.150. The molecule has 0 radical (unpaired) electrons. The normalized spacial score (nSPS) is 23.3. The van der Waals surface area contributed by atoms with Crippen LogP contribution in [0.1, 0.15) is 73.1 Å². The van der Waals surface area contributed by atoms with Crippen LogP contribution >= 0.6 is 0 Å². The second-order valence-electron chi connectivity index (χ2n) is 9.64. The van der Waals surface area contributed by atoms with Crippen LogP contribution in [0.5, 0.6) is 0 Å². The molecule has 0 aromatic carbocycles. The number of ether oxygens (including phenoxy) is 2. The van der Waals surface area contributed by atoms with Crippen LogP contribution in [0.15, 0.2) is 0 Å². The SMILES string of the molecule is CCCC(C(=O)OCC)N1CCCC(CNC(=O)C2CCCN2C(=O)OC(C)(C)C)C1. The average Bonchev–Trinajstić information content (AvgIpc) is 3.19. The predicted molar refractivity (Wildman–Crippen MR) is 119 cm³/mol. The average molecular weight is 440 g/mol. The van der Waals surface area contributed by atoms with E-state index in [9.17, 15) is 14.4 Å². The van der Waals surface area contributed by atoms with E-state index in [1.165, 1.54) is 0 Å². The Morgan fingerprint density at radius 2 is 1.81 bits per heavy atom. The van der Waals surface area contributed by atoms with E-state index in [-0.39, 0.29) is 23.8 Å². The van der Waals surface area contributed by atoms with Gasteiger partial charge in [-0.15, -0.1) is 0 Å². The van der Waals surface area contributed by atoms with Crippen LogP contribution in [-0.4, -0.2) is 78.2 Å². The fourth-order valence-corrected chi connectivity index (χ4v) is 4.45. The Morgan fingerprint density at radius 3 is 2.45 bits per heavy atom. The van der Waals surface area contributed by atoms with Crippen molar-refractivity contribution >= 4 is 18.0 Å². The van der Waals surface area contributed by atoms with Crippen molar-refractivity contribution in [3.05, 3.63) is 0 Å². The molecule has 8 heteroatoms. The highest BCUT2D eigenvalue weighted by atomic mass is 16.6. The van der Waals surface area contributed by atoms with Crippen molar-refractivity contribution in [1.29, 1.82) is 0 Å². The maximum atomic E-state index is 12.8. The molecular weight excluding hydrogens is 398 g/mol. The smallest absolute Gasteiger partial charge is 0.410 e. The van der Waals surface area contributed by atoms with Crippen LogP contribution in [-0.2, 0) is 19.1 Å². The van der Waals surface area contributed by atoms with Crippen molar-refractivity contribution in [1.82, 2.24) is 15.1 Å². The van der Waals surface area contributed by atoms with Gasteiger partial charge < -0.3 is 14.8 Å². The summed E-state index contributed by atoms with van der Waals surface area (Å²) in [7, 11) is 0. The van der Waals surface area contributed by atoms with Crippen LogP contribution in [0.3, 0.4) is 0 Å². The highest BCUT2D eigenvalue weighted by Crippen LogP contribution is 2.23. The minimum atomic E-state index is -0.583. The molecule has 2 aliphatic rings. The third kappa shape index (κ3) is 7.66. The summed E-state index contributed by atoms with van der Waals surface area (Å²) in [5.41, 5.74) is -0.583. The summed E-state index contributed by atoms with van der Waals surface area (Å²) >= 11 is 0. The molecule has 2 aliphatic heterocycles. The number of piperidine rings is 1. The van der Waals surface area contributed by atoms with E-state index in [0.29, 0.717) is 26.1 Å². The Kier molecular flexibility index (Phi) is 9.59. The Balaban J connectivity index is 1.89. The zero-order chi connectivity index (χ0) is 23.0. The first-order valence-electron chi connectivity index (χ1n) is 11.8.